The molecule has 0 N–H and O–H groups in total. The van der Waals surface area contributed by atoms with Crippen molar-refractivity contribution in [3.8, 4) is 0 Å². The Bertz CT molecular complexity index is 683. The maximum Gasteiger partial charge on any atom is 0.289 e. The van der Waals surface area contributed by atoms with Crippen LogP contribution in [0.3, 0.4) is 0 Å². The van der Waals surface area contributed by atoms with Crippen LogP contribution < -0.4 is 0 Å². The van der Waals surface area contributed by atoms with Crippen molar-refractivity contribution < 1.29 is 18.0 Å². The van der Waals surface area contributed by atoms with Gasteiger partial charge in [-0.25, -0.2) is 13.4 Å². The van der Waals surface area contributed by atoms with Crippen molar-refractivity contribution >= 4 is 32.9 Å². The fourth-order valence-corrected chi connectivity index (χ4v) is 4.75. The Balaban J connectivity index is 1.78. The SMILES string of the molecule is Cn1cnc(S(=O)(=O)N2CC[C@H](N3C(=O)CSC3=O)C2)c1. The number of aromatic nitrogens is 2. The summed E-state index contributed by atoms with van der Waals surface area (Å²) in [7, 11) is -1.98. The molecule has 2 amide bonds. The summed E-state index contributed by atoms with van der Waals surface area (Å²) in [5, 5.41) is -0.304. The van der Waals surface area contributed by atoms with E-state index >= 15 is 0 Å². The minimum absolute atomic E-state index is 0.0147. The van der Waals surface area contributed by atoms with Gasteiger partial charge >= 0.3 is 0 Å². The number of rotatable bonds is 3. The van der Waals surface area contributed by atoms with Gasteiger partial charge in [0.15, 0.2) is 5.03 Å². The van der Waals surface area contributed by atoms with E-state index in [1.54, 1.807) is 11.6 Å². The summed E-state index contributed by atoms with van der Waals surface area (Å²) in [6.45, 7) is 0.419. The monoisotopic (exact) mass is 330 g/mol. The molecule has 3 heterocycles. The van der Waals surface area contributed by atoms with Crippen LogP contribution >= 0.6 is 11.8 Å². The summed E-state index contributed by atoms with van der Waals surface area (Å²) in [5.41, 5.74) is 0. The first-order valence-corrected chi connectivity index (χ1v) is 8.79. The predicted octanol–water partition coefficient (Wildman–Crippen LogP) is -0.122. The molecule has 2 fully saturated rings. The molecular weight excluding hydrogens is 316 g/mol. The van der Waals surface area contributed by atoms with Gasteiger partial charge in [0.2, 0.25) is 5.91 Å². The van der Waals surface area contributed by atoms with E-state index in [1.807, 2.05) is 0 Å². The summed E-state index contributed by atoms with van der Waals surface area (Å²) in [6.07, 6.45) is 3.32. The van der Waals surface area contributed by atoms with E-state index in [4.69, 9.17) is 0 Å². The molecule has 114 valence electrons. The smallest absolute Gasteiger partial charge is 0.289 e. The van der Waals surface area contributed by atoms with Gasteiger partial charge in [0.25, 0.3) is 15.3 Å². The number of nitrogens with zero attached hydrogens (tertiary/aromatic N) is 4. The van der Waals surface area contributed by atoms with Gasteiger partial charge in [-0.3, -0.25) is 14.5 Å². The summed E-state index contributed by atoms with van der Waals surface area (Å²) in [6, 6.07) is -0.376. The fraction of sp³-hybridized carbons (Fsp3) is 0.545. The van der Waals surface area contributed by atoms with Gasteiger partial charge < -0.3 is 4.57 Å². The molecule has 8 nitrogen and oxygen atoms in total. The van der Waals surface area contributed by atoms with Gasteiger partial charge in [0.1, 0.15) is 0 Å². The molecular formula is C11H14N4O4S2. The van der Waals surface area contributed by atoms with Crippen molar-refractivity contribution in [2.75, 3.05) is 18.8 Å². The molecule has 10 heteroatoms. The average molecular weight is 330 g/mol. The van der Waals surface area contributed by atoms with Gasteiger partial charge in [0, 0.05) is 26.3 Å². The molecule has 2 aliphatic heterocycles. The summed E-state index contributed by atoms with van der Waals surface area (Å²) in [5.74, 6) is -0.102. The maximum absolute atomic E-state index is 12.4. The molecule has 0 unspecified atom stereocenters. The minimum atomic E-state index is -3.67. The lowest BCUT2D eigenvalue weighted by molar-refractivity contribution is -0.126. The van der Waals surface area contributed by atoms with Crippen LogP contribution in [-0.4, -0.2) is 63.2 Å². The summed E-state index contributed by atoms with van der Waals surface area (Å²) in [4.78, 5) is 28.4. The molecule has 1 aromatic heterocycles. The van der Waals surface area contributed by atoms with Crippen LogP contribution in [0.4, 0.5) is 4.79 Å². The van der Waals surface area contributed by atoms with Gasteiger partial charge in [-0.15, -0.1) is 0 Å². The van der Waals surface area contributed by atoms with E-state index in [-0.39, 0.29) is 41.1 Å². The number of imidazole rings is 1. The standard InChI is InChI=1S/C11H14N4O4S2/c1-13-5-9(12-7-13)21(18,19)14-3-2-8(4-14)15-10(16)6-20-11(15)17/h5,7-8H,2-4,6H2,1H3/t8-/m0/s1. The first kappa shape index (κ1) is 14.5. The molecule has 0 bridgehead atoms. The van der Waals surface area contributed by atoms with E-state index in [9.17, 15) is 18.0 Å². The van der Waals surface area contributed by atoms with Crippen LogP contribution in [-0.2, 0) is 21.9 Å². The van der Waals surface area contributed by atoms with Crippen molar-refractivity contribution in [3.63, 3.8) is 0 Å². The zero-order valence-electron chi connectivity index (χ0n) is 11.3. The quantitative estimate of drug-likeness (QED) is 0.767. The van der Waals surface area contributed by atoms with E-state index in [0.29, 0.717) is 6.42 Å². The third-order valence-electron chi connectivity index (χ3n) is 3.56. The third kappa shape index (κ3) is 2.47. The second-order valence-corrected chi connectivity index (χ2v) is 7.81. The van der Waals surface area contributed by atoms with Crippen LogP contribution in [0.25, 0.3) is 0 Å². The molecule has 3 rings (SSSR count). The van der Waals surface area contributed by atoms with Crippen LogP contribution in [0.2, 0.25) is 0 Å². The molecule has 2 aliphatic rings. The number of imide groups is 1. The number of carbonyl (C=O) groups excluding carboxylic acids is 2. The van der Waals surface area contributed by atoms with Gasteiger partial charge in [-0.1, -0.05) is 11.8 Å². The van der Waals surface area contributed by atoms with Crippen molar-refractivity contribution in [2.24, 2.45) is 7.05 Å². The zero-order chi connectivity index (χ0) is 15.2. The average Bonchev–Trinajstić information content (AvgIpc) is 3.11. The van der Waals surface area contributed by atoms with Crippen LogP contribution in [0, 0.1) is 0 Å². The third-order valence-corrected chi connectivity index (χ3v) is 6.15. The molecule has 0 aromatic carbocycles. The Hall–Kier alpha value is -1.39. The Morgan fingerprint density at radius 2 is 2.14 bits per heavy atom. The summed E-state index contributed by atoms with van der Waals surface area (Å²) >= 11 is 0.963. The molecule has 1 aromatic rings. The minimum Gasteiger partial charge on any atom is -0.339 e. The number of aryl methyl sites for hydroxylation is 1. The molecule has 0 saturated carbocycles. The molecule has 0 radical (unpaired) electrons. The van der Waals surface area contributed by atoms with Crippen molar-refractivity contribution in [3.05, 3.63) is 12.5 Å². The normalized spacial score (nSPS) is 24.2. The second-order valence-electron chi connectivity index (χ2n) is 5.00. The topological polar surface area (TPSA) is 92.6 Å². The molecule has 0 spiro atoms. The van der Waals surface area contributed by atoms with Crippen LogP contribution in [0.15, 0.2) is 17.6 Å². The van der Waals surface area contributed by atoms with E-state index < -0.39 is 10.0 Å². The maximum atomic E-state index is 12.4. The lowest BCUT2D eigenvalue weighted by atomic mass is 10.2. The molecule has 0 aliphatic carbocycles. The van der Waals surface area contributed by atoms with Crippen molar-refractivity contribution in [2.45, 2.75) is 17.5 Å². The highest BCUT2D eigenvalue weighted by atomic mass is 32.2. The van der Waals surface area contributed by atoms with Crippen molar-refractivity contribution in [1.82, 2.24) is 18.8 Å². The number of sulfonamides is 1. The molecule has 1 atom stereocenters. The van der Waals surface area contributed by atoms with Gasteiger partial charge in [-0.2, -0.15) is 4.31 Å². The molecule has 21 heavy (non-hydrogen) atoms. The lowest BCUT2D eigenvalue weighted by Crippen LogP contribution is -2.41. The number of carbonyl (C=O) groups is 2. The Kier molecular flexibility index (Phi) is 3.54. The van der Waals surface area contributed by atoms with Crippen LogP contribution in [0.1, 0.15) is 6.42 Å². The van der Waals surface area contributed by atoms with E-state index in [1.165, 1.54) is 21.7 Å². The Morgan fingerprint density at radius 3 is 2.71 bits per heavy atom. The zero-order valence-corrected chi connectivity index (χ0v) is 12.9. The highest BCUT2D eigenvalue weighted by molar-refractivity contribution is 8.14. The van der Waals surface area contributed by atoms with Crippen molar-refractivity contribution in [1.29, 1.82) is 0 Å². The number of hydrogen-bond acceptors (Lipinski definition) is 6. The van der Waals surface area contributed by atoms with E-state index in [0.717, 1.165) is 11.8 Å². The first-order chi connectivity index (χ1) is 9.89. The van der Waals surface area contributed by atoms with Gasteiger partial charge in [-0.05, 0) is 6.42 Å². The number of hydrogen-bond donors (Lipinski definition) is 0. The highest BCUT2D eigenvalue weighted by Gasteiger charge is 2.42. The largest absolute Gasteiger partial charge is 0.339 e. The Morgan fingerprint density at radius 1 is 1.38 bits per heavy atom. The number of amides is 2. The van der Waals surface area contributed by atoms with Crippen LogP contribution in [0.5, 0.6) is 0 Å². The van der Waals surface area contributed by atoms with Gasteiger partial charge in [0.05, 0.1) is 18.1 Å². The Labute approximate surface area is 126 Å². The molecule has 2 saturated heterocycles. The number of thioether (sulfide) groups is 1. The lowest BCUT2D eigenvalue weighted by Gasteiger charge is -2.21. The predicted molar refractivity (Wildman–Crippen MR) is 75.1 cm³/mol. The fourth-order valence-electron chi connectivity index (χ4n) is 2.51. The highest BCUT2D eigenvalue weighted by Crippen LogP contribution is 2.28. The van der Waals surface area contributed by atoms with E-state index in [2.05, 4.69) is 4.98 Å². The summed E-state index contributed by atoms with van der Waals surface area (Å²) < 4.78 is 27.7. The first-order valence-electron chi connectivity index (χ1n) is 6.36. The second kappa shape index (κ2) is 5.11.